The summed E-state index contributed by atoms with van der Waals surface area (Å²) in [5.74, 6) is -1.56. The van der Waals surface area contributed by atoms with Crippen molar-refractivity contribution in [3.8, 4) is 0 Å². The number of carbonyl (C=O) groups is 1. The van der Waals surface area contributed by atoms with Crippen LogP contribution in [-0.4, -0.2) is 16.6 Å². The van der Waals surface area contributed by atoms with Crippen LogP contribution in [0.1, 0.15) is 37.3 Å². The van der Waals surface area contributed by atoms with E-state index in [0.717, 1.165) is 11.1 Å². The predicted octanol–water partition coefficient (Wildman–Crippen LogP) is 2.43. The maximum absolute atomic E-state index is 13.0. The topological polar surface area (TPSA) is 63.3 Å². The van der Waals surface area contributed by atoms with Crippen LogP contribution in [0.5, 0.6) is 0 Å². The molecule has 3 nitrogen and oxygen atoms in total. The zero-order valence-corrected chi connectivity index (χ0v) is 10.3. The van der Waals surface area contributed by atoms with Crippen LogP contribution in [0.2, 0.25) is 0 Å². The van der Waals surface area contributed by atoms with E-state index in [2.05, 4.69) is 0 Å². The molecular formula is C13H18FNO2. The first-order valence-electron chi connectivity index (χ1n) is 5.48. The molecule has 0 fully saturated rings. The Morgan fingerprint density at radius 3 is 2.53 bits per heavy atom. The van der Waals surface area contributed by atoms with Gasteiger partial charge >= 0.3 is 5.97 Å². The highest BCUT2D eigenvalue weighted by Crippen LogP contribution is 2.32. The van der Waals surface area contributed by atoms with E-state index in [1.165, 1.54) is 12.1 Å². The average Bonchev–Trinajstić information content (AvgIpc) is 2.13. The molecule has 94 valence electrons. The van der Waals surface area contributed by atoms with Crippen molar-refractivity contribution in [1.29, 1.82) is 0 Å². The summed E-state index contributed by atoms with van der Waals surface area (Å²) in [4.78, 5) is 10.9. The Kier molecular flexibility index (Phi) is 3.88. The summed E-state index contributed by atoms with van der Waals surface area (Å²) in [6.45, 7) is 5.33. The van der Waals surface area contributed by atoms with Crippen LogP contribution in [0.3, 0.4) is 0 Å². The summed E-state index contributed by atoms with van der Waals surface area (Å²) in [6.07, 6.45) is -0.0596. The first-order valence-corrected chi connectivity index (χ1v) is 5.48. The van der Waals surface area contributed by atoms with Gasteiger partial charge in [-0.2, -0.15) is 0 Å². The van der Waals surface area contributed by atoms with Gasteiger partial charge in [-0.15, -0.1) is 0 Å². The first-order chi connectivity index (χ1) is 7.71. The van der Waals surface area contributed by atoms with Crippen molar-refractivity contribution in [3.63, 3.8) is 0 Å². The van der Waals surface area contributed by atoms with E-state index in [-0.39, 0.29) is 18.2 Å². The van der Waals surface area contributed by atoms with Crippen molar-refractivity contribution < 1.29 is 14.3 Å². The normalized spacial score (nSPS) is 13.5. The molecule has 0 radical (unpaired) electrons. The van der Waals surface area contributed by atoms with Gasteiger partial charge in [-0.25, -0.2) is 4.39 Å². The lowest BCUT2D eigenvalue weighted by atomic mass is 9.79. The van der Waals surface area contributed by atoms with Gasteiger partial charge in [0.05, 0.1) is 6.42 Å². The maximum Gasteiger partial charge on any atom is 0.304 e. The molecule has 0 aliphatic carbocycles. The Morgan fingerprint density at radius 1 is 1.53 bits per heavy atom. The van der Waals surface area contributed by atoms with Crippen LogP contribution < -0.4 is 5.73 Å². The van der Waals surface area contributed by atoms with E-state index in [0.29, 0.717) is 0 Å². The number of carboxylic acids is 1. The van der Waals surface area contributed by atoms with Gasteiger partial charge < -0.3 is 10.8 Å². The molecule has 1 atom stereocenters. The lowest BCUT2D eigenvalue weighted by Gasteiger charge is -2.31. The third-order valence-electron chi connectivity index (χ3n) is 2.88. The molecule has 17 heavy (non-hydrogen) atoms. The highest BCUT2D eigenvalue weighted by atomic mass is 19.1. The summed E-state index contributed by atoms with van der Waals surface area (Å²) in [7, 11) is 0. The van der Waals surface area contributed by atoms with Gasteiger partial charge in [0.25, 0.3) is 0 Å². The largest absolute Gasteiger partial charge is 0.481 e. The smallest absolute Gasteiger partial charge is 0.304 e. The van der Waals surface area contributed by atoms with E-state index in [9.17, 15) is 9.18 Å². The van der Waals surface area contributed by atoms with Crippen molar-refractivity contribution in [3.05, 3.63) is 35.1 Å². The molecule has 0 amide bonds. The Balaban J connectivity index is 3.17. The number of aliphatic carboxylic acids is 1. The minimum atomic E-state index is -0.905. The van der Waals surface area contributed by atoms with Crippen LogP contribution in [0.4, 0.5) is 4.39 Å². The molecule has 4 heteroatoms. The fourth-order valence-corrected chi connectivity index (χ4v) is 1.98. The highest BCUT2D eigenvalue weighted by molar-refractivity contribution is 5.68. The predicted molar refractivity (Wildman–Crippen MR) is 64.4 cm³/mol. The fourth-order valence-electron chi connectivity index (χ4n) is 1.98. The zero-order chi connectivity index (χ0) is 13.2. The van der Waals surface area contributed by atoms with Gasteiger partial charge in [-0.3, -0.25) is 4.79 Å². The van der Waals surface area contributed by atoms with Crippen LogP contribution in [0.25, 0.3) is 0 Å². The number of carboxylic acid groups (broad SMARTS) is 1. The molecule has 1 aromatic rings. The molecule has 0 aliphatic heterocycles. The summed E-state index contributed by atoms with van der Waals surface area (Å²) < 4.78 is 13.0. The van der Waals surface area contributed by atoms with Crippen molar-refractivity contribution in [2.45, 2.75) is 38.6 Å². The Bertz CT molecular complexity index is 424. The molecule has 0 spiro atoms. The molecule has 1 rings (SSSR count). The lowest BCUT2D eigenvalue weighted by Crippen LogP contribution is -2.40. The number of benzene rings is 1. The fraction of sp³-hybridized carbons (Fsp3) is 0.462. The van der Waals surface area contributed by atoms with Crippen molar-refractivity contribution in [2.24, 2.45) is 5.73 Å². The Labute approximate surface area is 100 Å². The van der Waals surface area contributed by atoms with E-state index in [4.69, 9.17) is 10.8 Å². The van der Waals surface area contributed by atoms with E-state index in [1.807, 2.05) is 0 Å². The van der Waals surface area contributed by atoms with Gasteiger partial charge in [-0.05, 0) is 44.0 Å². The highest BCUT2D eigenvalue weighted by Gasteiger charge is 2.30. The van der Waals surface area contributed by atoms with E-state index < -0.39 is 11.5 Å². The van der Waals surface area contributed by atoms with E-state index >= 15 is 0 Å². The third-order valence-corrected chi connectivity index (χ3v) is 2.88. The molecular weight excluding hydrogens is 221 g/mol. The molecule has 0 aromatic heterocycles. The van der Waals surface area contributed by atoms with Crippen molar-refractivity contribution in [2.75, 3.05) is 0 Å². The minimum absolute atomic E-state index is 0.0596. The number of rotatable bonds is 4. The number of aryl methyl sites for hydroxylation is 1. The molecule has 0 bridgehead atoms. The molecule has 0 aliphatic rings. The van der Waals surface area contributed by atoms with Crippen LogP contribution in [-0.2, 0) is 4.79 Å². The molecule has 0 heterocycles. The average molecular weight is 239 g/mol. The molecule has 3 N–H and O–H groups in total. The molecule has 0 saturated carbocycles. The summed E-state index contributed by atoms with van der Waals surface area (Å²) in [5, 5.41) is 8.92. The molecule has 1 unspecified atom stereocenters. The molecule has 1 aromatic carbocycles. The SMILES string of the molecule is Cc1cc(F)ccc1C(CC(=O)O)C(C)(C)N. The standard InChI is InChI=1S/C13H18FNO2/c1-8-6-9(14)4-5-10(8)11(7-12(16)17)13(2,3)15/h4-6,11H,7,15H2,1-3H3,(H,16,17). The Hall–Kier alpha value is -1.42. The monoisotopic (exact) mass is 239 g/mol. The minimum Gasteiger partial charge on any atom is -0.481 e. The van der Waals surface area contributed by atoms with Gasteiger partial charge in [0.15, 0.2) is 0 Å². The maximum atomic E-state index is 13.0. The van der Waals surface area contributed by atoms with Crippen LogP contribution >= 0.6 is 0 Å². The van der Waals surface area contributed by atoms with Gasteiger partial charge in [0.2, 0.25) is 0 Å². The lowest BCUT2D eigenvalue weighted by molar-refractivity contribution is -0.137. The second-order valence-corrected chi connectivity index (χ2v) is 4.97. The zero-order valence-electron chi connectivity index (χ0n) is 10.3. The quantitative estimate of drug-likeness (QED) is 0.848. The number of hydrogen-bond donors (Lipinski definition) is 2. The number of nitrogens with two attached hydrogens (primary N) is 1. The summed E-state index contributed by atoms with van der Waals surface area (Å²) in [6, 6.07) is 4.35. The second-order valence-electron chi connectivity index (χ2n) is 4.97. The Morgan fingerprint density at radius 2 is 2.12 bits per heavy atom. The summed E-state index contributed by atoms with van der Waals surface area (Å²) in [5.41, 5.74) is 6.87. The first kappa shape index (κ1) is 13.6. The van der Waals surface area contributed by atoms with Gasteiger partial charge in [0.1, 0.15) is 5.82 Å². The second kappa shape index (κ2) is 4.84. The van der Waals surface area contributed by atoms with E-state index in [1.54, 1.807) is 26.8 Å². The number of halogens is 1. The number of hydrogen-bond acceptors (Lipinski definition) is 2. The van der Waals surface area contributed by atoms with Crippen molar-refractivity contribution in [1.82, 2.24) is 0 Å². The van der Waals surface area contributed by atoms with Crippen LogP contribution in [0.15, 0.2) is 18.2 Å². The van der Waals surface area contributed by atoms with Crippen LogP contribution in [0, 0.1) is 12.7 Å². The summed E-state index contributed by atoms with van der Waals surface area (Å²) >= 11 is 0. The van der Waals surface area contributed by atoms with Crippen molar-refractivity contribution >= 4 is 5.97 Å². The third kappa shape index (κ3) is 3.53. The van der Waals surface area contributed by atoms with Gasteiger partial charge in [0, 0.05) is 11.5 Å². The van der Waals surface area contributed by atoms with Gasteiger partial charge in [-0.1, -0.05) is 6.07 Å². The molecule has 0 saturated heterocycles.